The Bertz CT molecular complexity index is 1020. The average Bonchev–Trinajstić information content (AvgIpc) is 2.90. The molecule has 1 aliphatic carbocycles. The van der Waals surface area contributed by atoms with Gasteiger partial charge in [-0.15, -0.1) is 11.3 Å². The molecule has 2 aromatic rings. The molecule has 2 N–H and O–H groups in total. The number of carbonyl (C=O) groups excluding carboxylic acids is 2. The van der Waals surface area contributed by atoms with Gasteiger partial charge in [-0.25, -0.2) is 4.79 Å². The molecule has 30 heavy (non-hydrogen) atoms. The highest BCUT2D eigenvalue weighted by atomic mass is 32.1. The topological polar surface area (TPSA) is 109 Å². The number of anilines is 1. The summed E-state index contributed by atoms with van der Waals surface area (Å²) in [5, 5.41) is 22.3. The summed E-state index contributed by atoms with van der Waals surface area (Å²) in [4.78, 5) is 25.3. The number of ether oxygens (including phenoxy) is 2. The number of hydrogen-bond donors (Lipinski definition) is 2. The van der Waals surface area contributed by atoms with Crippen LogP contribution in [0.15, 0.2) is 24.3 Å². The Hall–Kier alpha value is -3.31. The number of aryl methyl sites for hydroxylation is 1. The van der Waals surface area contributed by atoms with Crippen LogP contribution in [0, 0.1) is 11.3 Å². The van der Waals surface area contributed by atoms with E-state index in [1.807, 2.05) is 0 Å². The molecule has 7 nitrogen and oxygen atoms in total. The van der Waals surface area contributed by atoms with Gasteiger partial charge in [0.1, 0.15) is 11.1 Å². The summed E-state index contributed by atoms with van der Waals surface area (Å²) in [6.07, 6.45) is 7.73. The highest BCUT2D eigenvalue weighted by molar-refractivity contribution is 7.16. The van der Waals surface area contributed by atoms with Crippen LogP contribution in [0.3, 0.4) is 0 Å². The Morgan fingerprint density at radius 1 is 1.30 bits per heavy atom. The molecule has 0 radical (unpaired) electrons. The van der Waals surface area contributed by atoms with Crippen LogP contribution < -0.4 is 10.1 Å². The third-order valence-electron chi connectivity index (χ3n) is 4.75. The Labute approximate surface area is 178 Å². The number of hydrogen-bond acceptors (Lipinski definition) is 7. The number of aromatic hydroxyl groups is 1. The zero-order valence-electron chi connectivity index (χ0n) is 16.6. The number of nitrogens with one attached hydrogen (secondary N) is 1. The molecule has 0 atom stereocenters. The van der Waals surface area contributed by atoms with Crippen molar-refractivity contribution in [3.63, 3.8) is 0 Å². The molecule has 0 saturated carbocycles. The normalized spacial score (nSPS) is 13.2. The van der Waals surface area contributed by atoms with Gasteiger partial charge in [0, 0.05) is 11.0 Å². The van der Waals surface area contributed by atoms with Crippen LogP contribution in [0.5, 0.6) is 11.5 Å². The molecule has 0 bridgehead atoms. The van der Waals surface area contributed by atoms with E-state index >= 15 is 0 Å². The highest BCUT2D eigenvalue weighted by Gasteiger charge is 2.21. The van der Waals surface area contributed by atoms with Crippen molar-refractivity contribution < 1.29 is 24.2 Å². The lowest BCUT2D eigenvalue weighted by atomic mass is 10.1. The van der Waals surface area contributed by atoms with Gasteiger partial charge in [0.2, 0.25) is 0 Å². The number of methoxy groups -OCH3 is 1. The minimum Gasteiger partial charge on any atom is -0.504 e. The third-order valence-corrected chi connectivity index (χ3v) is 5.95. The Morgan fingerprint density at radius 2 is 2.10 bits per heavy atom. The van der Waals surface area contributed by atoms with Crippen molar-refractivity contribution in [2.24, 2.45) is 0 Å². The molecule has 1 aliphatic rings. The lowest BCUT2D eigenvalue weighted by molar-refractivity contribution is -0.142. The Kier molecular flexibility index (Phi) is 7.09. The van der Waals surface area contributed by atoms with Gasteiger partial charge in [0.25, 0.3) is 5.91 Å². The van der Waals surface area contributed by atoms with Crippen molar-refractivity contribution in [2.45, 2.75) is 32.1 Å². The number of nitrogens with zero attached hydrogens (tertiary/aromatic N) is 1. The number of fused-ring (bicyclic) bond motifs is 1. The van der Waals surface area contributed by atoms with Crippen molar-refractivity contribution in [1.82, 2.24) is 0 Å². The minimum atomic E-state index is -0.681. The van der Waals surface area contributed by atoms with Crippen molar-refractivity contribution >= 4 is 34.3 Å². The van der Waals surface area contributed by atoms with Crippen LogP contribution in [0.2, 0.25) is 0 Å². The molecule has 0 saturated heterocycles. The van der Waals surface area contributed by atoms with E-state index in [1.54, 1.807) is 12.1 Å². The smallest absolute Gasteiger partial charge is 0.331 e. The monoisotopic (exact) mass is 426 g/mol. The van der Waals surface area contributed by atoms with Gasteiger partial charge in [-0.3, -0.25) is 4.79 Å². The number of rotatable bonds is 6. The molecule has 1 aromatic carbocycles. The summed E-state index contributed by atoms with van der Waals surface area (Å²) in [5.74, 6) is -0.889. The first-order valence-corrected chi connectivity index (χ1v) is 10.4. The SMILES string of the molecule is COc1cc(/C=C/C(=O)OCC(=O)Nc2sc3c(c2C#N)CCCCC3)ccc1O. The molecule has 0 spiro atoms. The number of phenolic OH excluding ortho intramolecular Hbond substituents is 1. The van der Waals surface area contributed by atoms with E-state index in [4.69, 9.17) is 9.47 Å². The molecule has 3 rings (SSSR count). The molecule has 156 valence electrons. The second-order valence-corrected chi connectivity index (χ2v) is 7.91. The molecule has 0 unspecified atom stereocenters. The predicted molar refractivity (Wildman–Crippen MR) is 114 cm³/mol. The highest BCUT2D eigenvalue weighted by Crippen LogP contribution is 2.36. The van der Waals surface area contributed by atoms with E-state index < -0.39 is 18.5 Å². The van der Waals surface area contributed by atoms with E-state index in [-0.39, 0.29) is 11.5 Å². The lowest BCUT2D eigenvalue weighted by Gasteiger charge is -2.05. The molecule has 1 heterocycles. The predicted octanol–water partition coefficient (Wildman–Crippen LogP) is 3.80. The standard InChI is InChI=1S/C22H22N2O5S/c1-28-18-11-14(7-9-17(18)25)8-10-21(27)29-13-20(26)24-22-16(12-23)15-5-3-2-4-6-19(15)30-22/h7-11,25H,2-6,13H2,1H3,(H,24,26)/b10-8+. The maximum absolute atomic E-state index is 12.2. The third kappa shape index (κ3) is 5.19. The van der Waals surface area contributed by atoms with Crippen LogP contribution >= 0.6 is 11.3 Å². The van der Waals surface area contributed by atoms with E-state index in [9.17, 15) is 20.0 Å². The molecule has 0 aliphatic heterocycles. The zero-order valence-corrected chi connectivity index (χ0v) is 17.4. The Morgan fingerprint density at radius 3 is 2.87 bits per heavy atom. The zero-order chi connectivity index (χ0) is 21.5. The van der Waals surface area contributed by atoms with E-state index in [1.165, 1.54) is 36.7 Å². The van der Waals surface area contributed by atoms with Crippen molar-refractivity contribution in [1.29, 1.82) is 5.26 Å². The van der Waals surface area contributed by atoms with Gasteiger partial charge in [-0.05, 0) is 55.0 Å². The van der Waals surface area contributed by atoms with Crippen LogP contribution in [0.1, 0.15) is 40.8 Å². The Balaban J connectivity index is 1.56. The maximum Gasteiger partial charge on any atom is 0.331 e. The summed E-state index contributed by atoms with van der Waals surface area (Å²) >= 11 is 1.43. The number of esters is 1. The van der Waals surface area contributed by atoms with Gasteiger partial charge in [0.05, 0.1) is 12.7 Å². The number of benzene rings is 1. The maximum atomic E-state index is 12.2. The molecular weight excluding hydrogens is 404 g/mol. The van der Waals surface area contributed by atoms with Crippen molar-refractivity contribution in [3.05, 3.63) is 45.8 Å². The number of carbonyl (C=O) groups is 2. The fourth-order valence-electron chi connectivity index (χ4n) is 3.26. The molecule has 8 heteroatoms. The van der Waals surface area contributed by atoms with E-state index in [0.29, 0.717) is 16.1 Å². The quantitative estimate of drug-likeness (QED) is 0.413. The summed E-state index contributed by atoms with van der Waals surface area (Å²) in [6, 6.07) is 6.83. The van der Waals surface area contributed by atoms with Crippen LogP contribution in [-0.4, -0.2) is 30.7 Å². The summed E-state index contributed by atoms with van der Waals surface area (Å²) in [5.41, 5.74) is 2.20. The second kappa shape index (κ2) is 9.94. The fraction of sp³-hybridized carbons (Fsp3) is 0.318. The summed E-state index contributed by atoms with van der Waals surface area (Å²) in [6.45, 7) is -0.449. The van der Waals surface area contributed by atoms with Crippen molar-refractivity contribution in [2.75, 3.05) is 19.0 Å². The first kappa shape index (κ1) is 21.4. The summed E-state index contributed by atoms with van der Waals surface area (Å²) < 4.78 is 9.99. The van der Waals surface area contributed by atoms with E-state index in [2.05, 4.69) is 11.4 Å². The number of phenols is 1. The number of nitriles is 1. The van der Waals surface area contributed by atoms with Gasteiger partial charge < -0.3 is 19.9 Å². The van der Waals surface area contributed by atoms with Crippen LogP contribution in [-0.2, 0) is 27.2 Å². The number of thiophene rings is 1. The second-order valence-electron chi connectivity index (χ2n) is 6.80. The molecule has 0 fully saturated rings. The number of amides is 1. The van der Waals surface area contributed by atoms with Crippen LogP contribution in [0.4, 0.5) is 5.00 Å². The lowest BCUT2D eigenvalue weighted by Crippen LogP contribution is -2.20. The van der Waals surface area contributed by atoms with Crippen molar-refractivity contribution in [3.8, 4) is 17.6 Å². The molecular formula is C22H22N2O5S. The van der Waals surface area contributed by atoms with Crippen LogP contribution in [0.25, 0.3) is 6.08 Å². The van der Waals surface area contributed by atoms with E-state index in [0.717, 1.165) is 42.5 Å². The summed E-state index contributed by atoms with van der Waals surface area (Å²) in [7, 11) is 1.43. The van der Waals surface area contributed by atoms with Gasteiger partial charge in [0.15, 0.2) is 18.1 Å². The van der Waals surface area contributed by atoms with Gasteiger partial charge in [-0.2, -0.15) is 5.26 Å². The first-order chi connectivity index (χ1) is 14.5. The van der Waals surface area contributed by atoms with Gasteiger partial charge >= 0.3 is 5.97 Å². The first-order valence-electron chi connectivity index (χ1n) is 9.58. The average molecular weight is 426 g/mol. The minimum absolute atomic E-state index is 0.00323. The largest absolute Gasteiger partial charge is 0.504 e. The molecule has 1 amide bonds. The molecule has 1 aromatic heterocycles. The fourth-order valence-corrected chi connectivity index (χ4v) is 4.51. The van der Waals surface area contributed by atoms with Gasteiger partial charge in [-0.1, -0.05) is 12.5 Å².